The van der Waals surface area contributed by atoms with Gasteiger partial charge in [0.25, 0.3) is 5.91 Å². The predicted molar refractivity (Wildman–Crippen MR) is 193 cm³/mol. The van der Waals surface area contributed by atoms with E-state index < -0.39 is 74.8 Å². The average Bonchev–Trinajstić information content (AvgIpc) is 4.01. The molecule has 6 atom stereocenters. The third-order valence-electron chi connectivity index (χ3n) is 11.3. The van der Waals surface area contributed by atoms with Crippen LogP contribution < -0.4 is 15.4 Å². The van der Waals surface area contributed by atoms with Crippen molar-refractivity contribution in [3.63, 3.8) is 0 Å². The number of carbonyl (C=O) groups is 5. The van der Waals surface area contributed by atoms with E-state index >= 15 is 0 Å². The summed E-state index contributed by atoms with van der Waals surface area (Å²) in [7, 11) is -3.90. The highest BCUT2D eigenvalue weighted by Gasteiger charge is 2.62. The van der Waals surface area contributed by atoms with E-state index in [9.17, 15) is 32.4 Å². The summed E-state index contributed by atoms with van der Waals surface area (Å²) < 4.78 is 39.3. The Bertz CT molecular complexity index is 1810. The number of cyclic esters (lactones) is 1. The minimum atomic E-state index is -3.90. The molecular formula is C38H49N5O9S. The van der Waals surface area contributed by atoms with Gasteiger partial charge in [0.2, 0.25) is 21.8 Å². The smallest absolute Gasteiger partial charge is 0.410 e. The van der Waals surface area contributed by atoms with Gasteiger partial charge in [-0.25, -0.2) is 18.0 Å². The molecule has 6 aliphatic rings. The van der Waals surface area contributed by atoms with Gasteiger partial charge in [-0.15, -0.1) is 0 Å². The predicted octanol–water partition coefficient (Wildman–Crippen LogP) is 3.65. The summed E-state index contributed by atoms with van der Waals surface area (Å²) in [5.41, 5.74) is 1.53. The number of sulfonamides is 1. The summed E-state index contributed by atoms with van der Waals surface area (Å²) in [5, 5.41) is 4.95. The summed E-state index contributed by atoms with van der Waals surface area (Å²) in [5.74, 6) is -2.38. The van der Waals surface area contributed by atoms with Gasteiger partial charge in [0.15, 0.2) is 0 Å². The second kappa shape index (κ2) is 15.2. The molecule has 5 bridgehead atoms. The first-order valence-corrected chi connectivity index (χ1v) is 20.5. The lowest BCUT2D eigenvalue weighted by molar-refractivity contribution is -0.141. The summed E-state index contributed by atoms with van der Waals surface area (Å²) in [6, 6.07) is 3.76. The molecule has 5 amide bonds. The van der Waals surface area contributed by atoms with Crippen LogP contribution in [-0.4, -0.2) is 90.3 Å². The van der Waals surface area contributed by atoms with Crippen LogP contribution in [-0.2, 0) is 47.0 Å². The molecular weight excluding hydrogens is 703 g/mol. The first-order chi connectivity index (χ1) is 25.4. The van der Waals surface area contributed by atoms with Gasteiger partial charge in [-0.2, -0.15) is 0 Å². The molecule has 0 spiro atoms. The van der Waals surface area contributed by atoms with E-state index in [0.717, 1.165) is 42.4 Å². The topological polar surface area (TPSA) is 181 Å². The molecule has 1 saturated heterocycles. The fraction of sp³-hybridized carbons (Fsp3) is 0.605. The SMILES string of the molecule is C[C@@H]1CC/C=C/c2cccc3c2CN(C3)C(=O)O[C@@H]2C[C@H]3C(=O)N[C@]4(C(=O)NS(=O)(=O)C5CC5)C[C@@H]4/C=C\CCCCC[C@H](NC(=O)OC1)C(=O)N3C2. The fourth-order valence-electron chi connectivity index (χ4n) is 7.87. The molecule has 0 aromatic heterocycles. The molecule has 4 aliphatic heterocycles. The summed E-state index contributed by atoms with van der Waals surface area (Å²) in [4.78, 5) is 72.0. The molecule has 15 heteroatoms. The van der Waals surface area contributed by atoms with Gasteiger partial charge in [-0.3, -0.25) is 24.0 Å². The van der Waals surface area contributed by atoms with Crippen LogP contribution in [0.5, 0.6) is 0 Å². The van der Waals surface area contributed by atoms with E-state index in [1.54, 1.807) is 4.90 Å². The number of allylic oxidation sites excluding steroid dienone is 2. The molecule has 0 radical (unpaired) electrons. The van der Waals surface area contributed by atoms with Crippen LogP contribution >= 0.6 is 0 Å². The third-order valence-corrected chi connectivity index (χ3v) is 13.1. The van der Waals surface area contributed by atoms with Gasteiger partial charge in [0.05, 0.1) is 24.9 Å². The van der Waals surface area contributed by atoms with Crippen molar-refractivity contribution in [2.45, 2.75) is 120 Å². The Morgan fingerprint density at radius 3 is 2.64 bits per heavy atom. The lowest BCUT2D eigenvalue weighted by Gasteiger charge is -2.29. The molecule has 0 unspecified atom stereocenters. The van der Waals surface area contributed by atoms with Crippen LogP contribution in [0.2, 0.25) is 0 Å². The van der Waals surface area contributed by atoms with Crippen LogP contribution in [0.3, 0.4) is 0 Å². The second-order valence-corrected chi connectivity index (χ2v) is 17.4. The number of carbonyl (C=O) groups excluding carboxylic acids is 5. The zero-order valence-corrected chi connectivity index (χ0v) is 30.9. The van der Waals surface area contributed by atoms with E-state index in [0.29, 0.717) is 45.2 Å². The second-order valence-electron chi connectivity index (χ2n) is 15.5. The molecule has 4 heterocycles. The molecule has 286 valence electrons. The Morgan fingerprint density at radius 2 is 1.83 bits per heavy atom. The minimum absolute atomic E-state index is 0.0502. The maximum atomic E-state index is 14.4. The van der Waals surface area contributed by atoms with Crippen molar-refractivity contribution in [2.75, 3.05) is 13.2 Å². The van der Waals surface area contributed by atoms with Crippen LogP contribution in [0.4, 0.5) is 9.59 Å². The van der Waals surface area contributed by atoms with E-state index in [4.69, 9.17) is 9.47 Å². The highest BCUT2D eigenvalue weighted by atomic mass is 32.2. The van der Waals surface area contributed by atoms with Gasteiger partial charge in [0, 0.05) is 18.9 Å². The Labute approximate surface area is 310 Å². The number of rotatable bonds is 3. The number of alkyl carbamates (subject to hydrolysis) is 1. The number of amides is 5. The van der Waals surface area contributed by atoms with Crippen LogP contribution in [0, 0.1) is 11.8 Å². The molecule has 2 saturated carbocycles. The molecule has 53 heavy (non-hydrogen) atoms. The lowest BCUT2D eigenvalue weighted by Crippen LogP contribution is -2.58. The summed E-state index contributed by atoms with van der Waals surface area (Å²) in [6.07, 6.45) is 11.5. The van der Waals surface area contributed by atoms with Crippen molar-refractivity contribution in [1.29, 1.82) is 0 Å². The number of hydrogen-bond donors (Lipinski definition) is 3. The first kappa shape index (κ1) is 36.9. The fourth-order valence-corrected chi connectivity index (χ4v) is 9.24. The van der Waals surface area contributed by atoms with Crippen LogP contribution in [0.1, 0.15) is 94.2 Å². The largest absolute Gasteiger partial charge is 0.449 e. The number of hydrogen-bond acceptors (Lipinski definition) is 9. The van der Waals surface area contributed by atoms with Crippen molar-refractivity contribution >= 4 is 46.0 Å². The van der Waals surface area contributed by atoms with E-state index in [-0.39, 0.29) is 31.9 Å². The molecule has 14 nitrogen and oxygen atoms in total. The standard InChI is InChI=1S/C38H49N5O9S/c1-24-10-7-8-11-25-12-9-13-26-20-42(22-30(25)26)37(48)52-28-18-32-33(44)40-38(35(46)41-53(49,50)29-16-17-29)19-27(38)14-5-3-2-4-6-15-31(34(45)43(32)21-28)39-36(47)51-23-24/h5,8-9,11-14,24,27-29,31-32H,2-4,6-7,10,15-23H2,1H3,(H,39,47)(H,40,44)(H,41,46)/b11-8+,14-5-/t24-,27+,28-,31+,32+,38-/m1/s1. The van der Waals surface area contributed by atoms with Crippen molar-refractivity contribution in [2.24, 2.45) is 11.8 Å². The summed E-state index contributed by atoms with van der Waals surface area (Å²) >= 11 is 0. The van der Waals surface area contributed by atoms with Crippen LogP contribution in [0.25, 0.3) is 6.08 Å². The zero-order valence-electron chi connectivity index (χ0n) is 30.1. The van der Waals surface area contributed by atoms with Crippen molar-refractivity contribution in [1.82, 2.24) is 25.2 Å². The molecule has 3 N–H and O–H groups in total. The van der Waals surface area contributed by atoms with Crippen molar-refractivity contribution in [3.05, 3.63) is 53.1 Å². The summed E-state index contributed by atoms with van der Waals surface area (Å²) in [6.45, 7) is 2.75. The van der Waals surface area contributed by atoms with E-state index in [2.05, 4.69) is 21.4 Å². The van der Waals surface area contributed by atoms with E-state index in [1.807, 2.05) is 43.4 Å². The Kier molecular flexibility index (Phi) is 10.6. The Hall–Kier alpha value is -4.40. The highest BCUT2D eigenvalue weighted by molar-refractivity contribution is 7.91. The molecule has 3 fully saturated rings. The van der Waals surface area contributed by atoms with Crippen LogP contribution in [0.15, 0.2) is 36.4 Å². The monoisotopic (exact) mass is 751 g/mol. The molecule has 7 rings (SSSR count). The quantitative estimate of drug-likeness (QED) is 0.389. The maximum Gasteiger partial charge on any atom is 0.410 e. The zero-order chi connectivity index (χ0) is 37.3. The number of nitrogens with one attached hydrogen (secondary N) is 3. The van der Waals surface area contributed by atoms with Gasteiger partial charge >= 0.3 is 12.2 Å². The number of fused-ring (bicyclic) bond motifs is 4. The number of ether oxygens (including phenoxy) is 2. The van der Waals surface area contributed by atoms with Crippen molar-refractivity contribution in [3.8, 4) is 0 Å². The van der Waals surface area contributed by atoms with Gasteiger partial charge in [-0.05, 0) is 74.0 Å². The van der Waals surface area contributed by atoms with E-state index in [1.165, 1.54) is 4.90 Å². The van der Waals surface area contributed by atoms with Crippen molar-refractivity contribution < 1.29 is 41.9 Å². The Morgan fingerprint density at radius 1 is 1.00 bits per heavy atom. The minimum Gasteiger partial charge on any atom is -0.449 e. The van der Waals surface area contributed by atoms with Gasteiger partial charge in [0.1, 0.15) is 23.7 Å². The first-order valence-electron chi connectivity index (χ1n) is 18.9. The average molecular weight is 752 g/mol. The normalized spacial score (nSPS) is 32.5. The maximum absolute atomic E-state index is 14.4. The number of nitrogens with zero attached hydrogens (tertiary/aromatic N) is 2. The highest BCUT2D eigenvalue weighted by Crippen LogP contribution is 2.46. The van der Waals surface area contributed by atoms with Gasteiger partial charge < -0.3 is 25.0 Å². The molecule has 1 aromatic rings. The lowest BCUT2D eigenvalue weighted by atomic mass is 10.0. The third kappa shape index (κ3) is 8.24. The number of benzene rings is 1. The van der Waals surface area contributed by atoms with Gasteiger partial charge in [-0.1, -0.05) is 62.3 Å². The molecule has 2 aliphatic carbocycles. The Balaban J connectivity index is 1.17. The molecule has 1 aromatic carbocycles.